The Morgan fingerprint density at radius 1 is 1.33 bits per heavy atom. The fourth-order valence-electron chi connectivity index (χ4n) is 2.51. The molecule has 1 heterocycles. The van der Waals surface area contributed by atoms with Crippen molar-refractivity contribution in [1.82, 2.24) is 9.78 Å². The van der Waals surface area contributed by atoms with Crippen molar-refractivity contribution in [3.8, 4) is 0 Å². The molecule has 1 aliphatic carbocycles. The third-order valence-corrected chi connectivity index (χ3v) is 3.45. The number of hydrogen-bond donors (Lipinski definition) is 1. The van der Waals surface area contributed by atoms with E-state index >= 15 is 0 Å². The van der Waals surface area contributed by atoms with Crippen molar-refractivity contribution in [3.63, 3.8) is 0 Å². The lowest BCUT2D eigenvalue weighted by Crippen LogP contribution is -2.32. The molecule has 0 unspecified atom stereocenters. The summed E-state index contributed by atoms with van der Waals surface area (Å²) in [5.41, 5.74) is 8.23. The molecule has 0 aromatic carbocycles. The second-order valence-electron chi connectivity index (χ2n) is 6.18. The largest absolute Gasteiger partial charge is 0.394 e. The molecule has 4 heteroatoms. The lowest BCUT2D eigenvalue weighted by molar-refractivity contribution is 0.587. The Kier molecular flexibility index (Phi) is 3.55. The Morgan fingerprint density at radius 3 is 2.33 bits per heavy atom. The van der Waals surface area contributed by atoms with Gasteiger partial charge in [-0.15, -0.1) is 0 Å². The minimum absolute atomic E-state index is 0.380. The van der Waals surface area contributed by atoms with E-state index in [1.807, 2.05) is 11.7 Å². The second-order valence-corrected chi connectivity index (χ2v) is 6.18. The zero-order valence-corrected chi connectivity index (χ0v) is 12.3. The second kappa shape index (κ2) is 4.82. The van der Waals surface area contributed by atoms with Crippen molar-refractivity contribution in [2.24, 2.45) is 13.0 Å². The van der Waals surface area contributed by atoms with Gasteiger partial charge in [-0.3, -0.25) is 4.68 Å². The smallest absolute Gasteiger partial charge is 0.150 e. The fraction of sp³-hybridized carbons (Fsp3) is 0.786. The van der Waals surface area contributed by atoms with Crippen LogP contribution < -0.4 is 10.6 Å². The third kappa shape index (κ3) is 2.47. The SMILES string of the molecule is CC(C)CN(c1c(N)c(C(C)C)nn1C)C1CC1. The van der Waals surface area contributed by atoms with E-state index in [4.69, 9.17) is 5.73 Å². The molecule has 4 nitrogen and oxygen atoms in total. The first-order chi connectivity index (χ1) is 8.41. The maximum atomic E-state index is 6.32. The molecule has 0 spiro atoms. The highest BCUT2D eigenvalue weighted by molar-refractivity contribution is 5.68. The summed E-state index contributed by atoms with van der Waals surface area (Å²) >= 11 is 0. The quantitative estimate of drug-likeness (QED) is 0.874. The van der Waals surface area contributed by atoms with Gasteiger partial charge in [0.25, 0.3) is 0 Å². The molecular weight excluding hydrogens is 224 g/mol. The summed E-state index contributed by atoms with van der Waals surface area (Å²) in [6, 6.07) is 0.671. The number of rotatable bonds is 5. The van der Waals surface area contributed by atoms with Crippen LogP contribution in [0.15, 0.2) is 0 Å². The van der Waals surface area contributed by atoms with Gasteiger partial charge in [0.2, 0.25) is 0 Å². The number of nitrogens with two attached hydrogens (primary N) is 1. The number of aromatic nitrogens is 2. The van der Waals surface area contributed by atoms with Crippen molar-refractivity contribution in [1.29, 1.82) is 0 Å². The van der Waals surface area contributed by atoms with E-state index in [9.17, 15) is 0 Å². The topological polar surface area (TPSA) is 47.1 Å². The molecule has 0 radical (unpaired) electrons. The first-order valence-electron chi connectivity index (χ1n) is 7.00. The van der Waals surface area contributed by atoms with Crippen LogP contribution in [0.5, 0.6) is 0 Å². The Balaban J connectivity index is 2.35. The zero-order chi connectivity index (χ0) is 13.4. The van der Waals surface area contributed by atoms with Crippen LogP contribution in [-0.2, 0) is 7.05 Å². The summed E-state index contributed by atoms with van der Waals surface area (Å²) in [4.78, 5) is 2.46. The summed E-state index contributed by atoms with van der Waals surface area (Å²) in [5, 5.41) is 4.60. The first-order valence-corrected chi connectivity index (χ1v) is 7.00. The molecule has 18 heavy (non-hydrogen) atoms. The first kappa shape index (κ1) is 13.2. The maximum Gasteiger partial charge on any atom is 0.150 e. The molecule has 1 saturated carbocycles. The van der Waals surface area contributed by atoms with Gasteiger partial charge in [0.1, 0.15) is 0 Å². The fourth-order valence-corrected chi connectivity index (χ4v) is 2.51. The molecule has 0 saturated heterocycles. The van der Waals surface area contributed by atoms with Gasteiger partial charge < -0.3 is 10.6 Å². The van der Waals surface area contributed by atoms with E-state index in [1.165, 1.54) is 12.8 Å². The molecule has 102 valence electrons. The van der Waals surface area contributed by atoms with Crippen molar-refractivity contribution >= 4 is 11.5 Å². The minimum Gasteiger partial charge on any atom is -0.394 e. The molecule has 0 aliphatic heterocycles. The molecule has 1 aromatic heterocycles. The Morgan fingerprint density at radius 2 is 1.94 bits per heavy atom. The predicted molar refractivity (Wildman–Crippen MR) is 76.9 cm³/mol. The molecule has 0 bridgehead atoms. The van der Waals surface area contributed by atoms with Gasteiger partial charge in [-0.05, 0) is 24.7 Å². The molecule has 1 fully saturated rings. The number of aryl methyl sites for hydroxylation is 1. The average molecular weight is 250 g/mol. The van der Waals surface area contributed by atoms with E-state index in [0.717, 1.165) is 23.7 Å². The highest BCUT2D eigenvalue weighted by atomic mass is 15.4. The number of nitrogens with zero attached hydrogens (tertiary/aromatic N) is 3. The zero-order valence-electron chi connectivity index (χ0n) is 12.3. The normalized spacial score (nSPS) is 15.7. The molecule has 2 N–H and O–H groups in total. The van der Waals surface area contributed by atoms with Crippen molar-refractivity contribution in [2.75, 3.05) is 17.2 Å². The molecule has 2 rings (SSSR count). The monoisotopic (exact) mass is 250 g/mol. The van der Waals surface area contributed by atoms with Crippen LogP contribution in [0.2, 0.25) is 0 Å². The van der Waals surface area contributed by atoms with Crippen LogP contribution in [0.1, 0.15) is 52.1 Å². The molecular formula is C14H26N4. The summed E-state index contributed by atoms with van der Waals surface area (Å²) in [5.74, 6) is 2.14. The van der Waals surface area contributed by atoms with Crippen LogP contribution in [0.25, 0.3) is 0 Å². The van der Waals surface area contributed by atoms with Crippen molar-refractivity contribution in [2.45, 2.75) is 52.5 Å². The molecule has 0 atom stereocenters. The van der Waals surface area contributed by atoms with Gasteiger partial charge in [0.15, 0.2) is 5.82 Å². The van der Waals surface area contributed by atoms with Gasteiger partial charge in [-0.25, -0.2) is 0 Å². The molecule has 1 aromatic rings. The van der Waals surface area contributed by atoms with E-state index in [0.29, 0.717) is 17.9 Å². The molecule has 1 aliphatic rings. The van der Waals surface area contributed by atoms with Gasteiger partial charge in [0.05, 0.1) is 11.4 Å². The van der Waals surface area contributed by atoms with Crippen molar-refractivity contribution < 1.29 is 0 Å². The summed E-state index contributed by atoms with van der Waals surface area (Å²) in [7, 11) is 2.01. The van der Waals surface area contributed by atoms with E-state index in [-0.39, 0.29) is 0 Å². The lowest BCUT2D eigenvalue weighted by Gasteiger charge is -2.27. The Bertz CT molecular complexity index is 416. The van der Waals surface area contributed by atoms with Crippen LogP contribution >= 0.6 is 0 Å². The number of hydrogen-bond acceptors (Lipinski definition) is 3. The van der Waals surface area contributed by atoms with E-state index in [1.54, 1.807) is 0 Å². The molecule has 0 amide bonds. The minimum atomic E-state index is 0.380. The van der Waals surface area contributed by atoms with E-state index < -0.39 is 0 Å². The summed E-state index contributed by atoms with van der Waals surface area (Å²) < 4.78 is 1.96. The van der Waals surface area contributed by atoms with Crippen LogP contribution in [0.3, 0.4) is 0 Å². The Hall–Kier alpha value is -1.19. The summed E-state index contributed by atoms with van der Waals surface area (Å²) in [6.45, 7) is 9.86. The average Bonchev–Trinajstić information content (AvgIpc) is 3.03. The number of anilines is 2. The van der Waals surface area contributed by atoms with Crippen LogP contribution in [0, 0.1) is 5.92 Å². The predicted octanol–water partition coefficient (Wildman–Crippen LogP) is 2.75. The highest BCUT2D eigenvalue weighted by Crippen LogP contribution is 2.37. The van der Waals surface area contributed by atoms with Crippen LogP contribution in [0.4, 0.5) is 11.5 Å². The lowest BCUT2D eigenvalue weighted by atomic mass is 10.1. The highest BCUT2D eigenvalue weighted by Gasteiger charge is 2.33. The van der Waals surface area contributed by atoms with Crippen LogP contribution in [-0.4, -0.2) is 22.4 Å². The summed E-state index contributed by atoms with van der Waals surface area (Å²) in [6.07, 6.45) is 2.57. The van der Waals surface area contributed by atoms with E-state index in [2.05, 4.69) is 37.7 Å². The Labute approximate surface area is 110 Å². The van der Waals surface area contributed by atoms with Gasteiger partial charge >= 0.3 is 0 Å². The standard InChI is InChI=1S/C14H26N4/c1-9(2)8-18(11-6-7-11)14-12(15)13(10(3)4)16-17(14)5/h9-11H,6-8,15H2,1-5H3. The van der Waals surface area contributed by atoms with Gasteiger partial charge in [-0.2, -0.15) is 5.10 Å². The van der Waals surface area contributed by atoms with Gasteiger partial charge in [0, 0.05) is 19.6 Å². The third-order valence-electron chi connectivity index (χ3n) is 3.45. The maximum absolute atomic E-state index is 6.32. The van der Waals surface area contributed by atoms with Gasteiger partial charge in [-0.1, -0.05) is 27.7 Å². The van der Waals surface area contributed by atoms with Crippen molar-refractivity contribution in [3.05, 3.63) is 5.69 Å². The number of nitrogen functional groups attached to an aromatic ring is 1.